The minimum atomic E-state index is -0.765. The summed E-state index contributed by atoms with van der Waals surface area (Å²) < 4.78 is 0. The lowest BCUT2D eigenvalue weighted by Crippen LogP contribution is -2.29. The van der Waals surface area contributed by atoms with Gasteiger partial charge in [0.15, 0.2) is 5.70 Å². The van der Waals surface area contributed by atoms with Crippen LogP contribution in [-0.4, -0.2) is 6.03 Å². The first kappa shape index (κ1) is 14.7. The van der Waals surface area contributed by atoms with Crippen molar-refractivity contribution in [2.75, 3.05) is 5.32 Å². The summed E-state index contributed by atoms with van der Waals surface area (Å²) in [6.07, 6.45) is 0. The van der Waals surface area contributed by atoms with Gasteiger partial charge in [0.2, 0.25) is 0 Å². The molecule has 0 radical (unpaired) electrons. The molecule has 1 aromatic carbocycles. The molecule has 2 amide bonds. The molecule has 1 aromatic rings. The topological polar surface area (TPSA) is 115 Å². The molecule has 0 aliphatic heterocycles. The van der Waals surface area contributed by atoms with Gasteiger partial charge >= 0.3 is 6.03 Å². The van der Waals surface area contributed by atoms with Crippen molar-refractivity contribution in [3.8, 4) is 12.1 Å². The smallest absolute Gasteiger partial charge is 0.324 e. The maximum Gasteiger partial charge on any atom is 0.324 e. The van der Waals surface area contributed by atoms with E-state index in [0.717, 1.165) is 0 Å². The molecule has 0 atom stereocenters. The number of nitrogens with two attached hydrogens (primary N) is 1. The summed E-state index contributed by atoms with van der Waals surface area (Å²) in [5.41, 5.74) is 4.75. The van der Waals surface area contributed by atoms with Crippen molar-refractivity contribution in [1.29, 1.82) is 10.5 Å². The molecular formula is C11H7Cl2N5O. The Bertz CT molecular complexity index is 627. The predicted molar refractivity (Wildman–Crippen MR) is 71.1 cm³/mol. The third-order valence-corrected chi connectivity index (χ3v) is 2.48. The van der Waals surface area contributed by atoms with Crippen LogP contribution in [0.4, 0.5) is 10.5 Å². The maximum atomic E-state index is 11.6. The molecule has 8 heteroatoms. The number of carbonyl (C=O) groups is 1. The average Bonchev–Trinajstić information content (AvgIpc) is 2.39. The number of carbonyl (C=O) groups excluding carboxylic acids is 1. The summed E-state index contributed by atoms with van der Waals surface area (Å²) in [5, 5.41) is 22.4. The van der Waals surface area contributed by atoms with Crippen molar-refractivity contribution < 1.29 is 4.79 Å². The van der Waals surface area contributed by atoms with E-state index >= 15 is 0 Å². The fourth-order valence-corrected chi connectivity index (χ4v) is 1.41. The van der Waals surface area contributed by atoms with Crippen molar-refractivity contribution in [3.63, 3.8) is 0 Å². The minimum absolute atomic E-state index is 0.263. The molecule has 6 nitrogen and oxygen atoms in total. The predicted octanol–water partition coefficient (Wildman–Crippen LogP) is 2.33. The number of hydrogen-bond donors (Lipinski definition) is 3. The molecule has 1 rings (SSSR count). The second-order valence-electron chi connectivity index (χ2n) is 3.22. The van der Waals surface area contributed by atoms with Gasteiger partial charge in [0.1, 0.15) is 17.8 Å². The Morgan fingerprint density at radius 2 is 1.95 bits per heavy atom. The van der Waals surface area contributed by atoms with Crippen molar-refractivity contribution >= 4 is 34.9 Å². The fraction of sp³-hybridized carbons (Fsp3) is 0. The van der Waals surface area contributed by atoms with Gasteiger partial charge in [-0.2, -0.15) is 10.5 Å². The van der Waals surface area contributed by atoms with E-state index in [0.29, 0.717) is 5.02 Å². The number of halogens is 2. The standard InChI is InChI=1S/C11H7Cl2N5O/c12-6-1-2-7(13)9(3-6)17-11(19)18-10(5-15)8(16)4-14/h1-3H,16H2,(H2,17,18,19)/b10-8-. The summed E-state index contributed by atoms with van der Waals surface area (Å²) in [6.45, 7) is 0. The van der Waals surface area contributed by atoms with Crippen LogP contribution in [0.25, 0.3) is 0 Å². The van der Waals surface area contributed by atoms with Crippen molar-refractivity contribution in [2.24, 2.45) is 5.73 Å². The number of urea groups is 1. The monoisotopic (exact) mass is 295 g/mol. The highest BCUT2D eigenvalue weighted by Crippen LogP contribution is 2.25. The van der Waals surface area contributed by atoms with Crippen molar-refractivity contribution in [2.45, 2.75) is 0 Å². The van der Waals surface area contributed by atoms with Gasteiger partial charge in [-0.15, -0.1) is 0 Å². The molecule has 0 aliphatic rings. The van der Waals surface area contributed by atoms with Crippen LogP contribution in [-0.2, 0) is 0 Å². The minimum Gasteiger partial charge on any atom is -0.388 e. The number of hydrogen-bond acceptors (Lipinski definition) is 4. The second kappa shape index (κ2) is 6.50. The molecule has 0 saturated heterocycles. The Labute approximate surface area is 119 Å². The number of nitrogens with one attached hydrogen (secondary N) is 2. The summed E-state index contributed by atoms with van der Waals surface area (Å²) in [5.74, 6) is 0. The van der Waals surface area contributed by atoms with E-state index in [2.05, 4.69) is 10.6 Å². The van der Waals surface area contributed by atoms with E-state index < -0.39 is 11.7 Å². The Morgan fingerprint density at radius 1 is 1.26 bits per heavy atom. The lowest BCUT2D eigenvalue weighted by atomic mass is 10.3. The van der Waals surface area contributed by atoms with Crippen LogP contribution in [0.3, 0.4) is 0 Å². The molecular weight excluding hydrogens is 289 g/mol. The lowest BCUT2D eigenvalue weighted by Gasteiger charge is -2.08. The number of rotatable bonds is 2. The summed E-state index contributed by atoms with van der Waals surface area (Å²) in [7, 11) is 0. The molecule has 0 aromatic heterocycles. The first-order chi connectivity index (χ1) is 8.97. The van der Waals surface area contributed by atoms with Gasteiger partial charge in [-0.05, 0) is 18.2 Å². The highest BCUT2D eigenvalue weighted by Gasteiger charge is 2.10. The van der Waals surface area contributed by atoms with Gasteiger partial charge in [-0.1, -0.05) is 23.2 Å². The molecule has 0 aliphatic carbocycles. The van der Waals surface area contributed by atoms with Crippen LogP contribution in [0.15, 0.2) is 29.6 Å². The van der Waals surface area contributed by atoms with Gasteiger partial charge in [-0.25, -0.2) is 4.79 Å². The van der Waals surface area contributed by atoms with Crippen LogP contribution in [0.5, 0.6) is 0 Å². The summed E-state index contributed by atoms with van der Waals surface area (Å²) >= 11 is 11.6. The Morgan fingerprint density at radius 3 is 2.53 bits per heavy atom. The molecule has 0 heterocycles. The van der Waals surface area contributed by atoms with Crippen LogP contribution in [0, 0.1) is 22.7 Å². The van der Waals surface area contributed by atoms with E-state index in [-0.39, 0.29) is 16.4 Å². The van der Waals surface area contributed by atoms with Gasteiger partial charge in [0.25, 0.3) is 0 Å². The Balaban J connectivity index is 2.85. The number of nitriles is 2. The summed E-state index contributed by atoms with van der Waals surface area (Å²) in [4.78, 5) is 11.6. The zero-order chi connectivity index (χ0) is 14.4. The molecule has 4 N–H and O–H groups in total. The second-order valence-corrected chi connectivity index (χ2v) is 4.06. The quantitative estimate of drug-likeness (QED) is 0.726. The maximum absolute atomic E-state index is 11.6. The number of amides is 2. The zero-order valence-electron chi connectivity index (χ0n) is 9.37. The summed E-state index contributed by atoms with van der Waals surface area (Å²) in [6, 6.07) is 6.88. The normalized spacial score (nSPS) is 10.7. The van der Waals surface area contributed by atoms with Gasteiger partial charge in [0.05, 0.1) is 10.7 Å². The third kappa shape index (κ3) is 4.07. The van der Waals surface area contributed by atoms with Crippen LogP contribution in [0.2, 0.25) is 10.0 Å². The molecule has 0 bridgehead atoms. The number of anilines is 1. The van der Waals surface area contributed by atoms with Gasteiger partial charge < -0.3 is 11.1 Å². The zero-order valence-corrected chi connectivity index (χ0v) is 10.9. The molecule has 0 fully saturated rings. The highest BCUT2D eigenvalue weighted by atomic mass is 35.5. The van der Waals surface area contributed by atoms with Crippen LogP contribution in [0.1, 0.15) is 0 Å². The van der Waals surface area contributed by atoms with Crippen molar-refractivity contribution in [1.82, 2.24) is 5.32 Å². The first-order valence-corrected chi connectivity index (χ1v) is 5.56. The van der Waals surface area contributed by atoms with Crippen LogP contribution < -0.4 is 16.4 Å². The van der Waals surface area contributed by atoms with E-state index in [4.69, 9.17) is 39.5 Å². The highest BCUT2D eigenvalue weighted by molar-refractivity contribution is 6.35. The first-order valence-electron chi connectivity index (χ1n) is 4.81. The van der Waals surface area contributed by atoms with E-state index in [1.807, 2.05) is 0 Å². The third-order valence-electron chi connectivity index (χ3n) is 1.92. The fourth-order valence-electron chi connectivity index (χ4n) is 1.07. The lowest BCUT2D eigenvalue weighted by molar-refractivity contribution is 0.254. The molecule has 0 spiro atoms. The number of benzene rings is 1. The molecule has 0 saturated carbocycles. The van der Waals surface area contributed by atoms with Gasteiger partial charge in [-0.3, -0.25) is 5.32 Å². The average molecular weight is 296 g/mol. The van der Waals surface area contributed by atoms with E-state index in [1.165, 1.54) is 12.1 Å². The number of nitrogens with zero attached hydrogens (tertiary/aromatic N) is 2. The van der Waals surface area contributed by atoms with Gasteiger partial charge in [0, 0.05) is 5.02 Å². The number of allylic oxidation sites excluding steroid dienone is 2. The van der Waals surface area contributed by atoms with E-state index in [1.54, 1.807) is 18.2 Å². The largest absolute Gasteiger partial charge is 0.388 e. The molecule has 0 unspecified atom stereocenters. The molecule has 96 valence electrons. The van der Waals surface area contributed by atoms with E-state index in [9.17, 15) is 4.79 Å². The SMILES string of the molecule is N#C/C(N)=C(\C#N)NC(=O)Nc1cc(Cl)ccc1Cl. The Hall–Kier alpha value is -2.41. The molecule has 19 heavy (non-hydrogen) atoms. The Kier molecular flexibility index (Phi) is 5.01. The van der Waals surface area contributed by atoms with Crippen LogP contribution >= 0.6 is 23.2 Å². The van der Waals surface area contributed by atoms with Crippen molar-refractivity contribution in [3.05, 3.63) is 39.6 Å².